The van der Waals surface area contributed by atoms with Crippen LogP contribution >= 0.6 is 0 Å². The van der Waals surface area contributed by atoms with E-state index in [9.17, 15) is 5.11 Å². The van der Waals surface area contributed by atoms with Crippen molar-refractivity contribution in [2.75, 3.05) is 6.54 Å². The van der Waals surface area contributed by atoms with Gasteiger partial charge < -0.3 is 5.11 Å². The summed E-state index contributed by atoms with van der Waals surface area (Å²) in [7, 11) is 0. The van der Waals surface area contributed by atoms with E-state index >= 15 is 0 Å². The Bertz CT molecular complexity index is 421. The average molecular weight is 265 g/mol. The molecule has 0 spiro atoms. The number of likely N-dealkylation sites (tertiary alicyclic amines) is 1. The van der Waals surface area contributed by atoms with Crippen molar-refractivity contribution in [3.63, 3.8) is 0 Å². The number of aliphatic hydroxyl groups excluding tert-OH is 1. The van der Waals surface area contributed by atoms with Crippen molar-refractivity contribution in [1.29, 1.82) is 0 Å². The van der Waals surface area contributed by atoms with Gasteiger partial charge in [0.15, 0.2) is 0 Å². The monoisotopic (exact) mass is 265 g/mol. The van der Waals surface area contributed by atoms with Gasteiger partial charge in [-0.1, -0.05) is 23.2 Å². The van der Waals surface area contributed by atoms with Crippen LogP contribution in [-0.2, 0) is 6.54 Å². The molecule has 0 radical (unpaired) electrons. The largest absolute Gasteiger partial charge is 0.393 e. The maximum atomic E-state index is 10.2. The topological polar surface area (TPSA) is 62.4 Å². The molecule has 0 bridgehead atoms. The minimum absolute atomic E-state index is 0.109. The molecule has 1 aliphatic heterocycles. The molecule has 3 rings (SSSR count). The number of aryl methyl sites for hydroxylation is 1. The van der Waals surface area contributed by atoms with Crippen LogP contribution in [0.5, 0.6) is 0 Å². The predicted octanol–water partition coefficient (Wildman–Crippen LogP) is 1.89. The van der Waals surface area contributed by atoms with E-state index < -0.39 is 0 Å². The molecule has 1 saturated heterocycles. The van der Waals surface area contributed by atoms with E-state index in [0.29, 0.717) is 12.0 Å². The Labute approximate surface area is 113 Å². The lowest BCUT2D eigenvalue weighted by atomic mass is 9.87. The first-order valence-corrected chi connectivity index (χ1v) is 7.46. The summed E-state index contributed by atoms with van der Waals surface area (Å²) < 4.78 is 4.79. The van der Waals surface area contributed by atoms with Crippen LogP contribution in [0, 0.1) is 12.8 Å². The Balaban J connectivity index is 1.72. The molecule has 5 nitrogen and oxygen atoms in total. The average Bonchev–Trinajstić information content (AvgIpc) is 3.00. The van der Waals surface area contributed by atoms with Crippen molar-refractivity contribution in [1.82, 2.24) is 15.2 Å². The molecule has 2 heterocycles. The van der Waals surface area contributed by atoms with E-state index in [1.807, 2.05) is 6.92 Å². The zero-order valence-electron chi connectivity index (χ0n) is 11.6. The van der Waals surface area contributed by atoms with Crippen molar-refractivity contribution in [2.24, 2.45) is 5.92 Å². The molecular formula is C14H23N3O2. The maximum Gasteiger partial charge on any atom is 0.122 e. The lowest BCUT2D eigenvalue weighted by Gasteiger charge is -2.40. The number of hydrogen-bond donors (Lipinski definition) is 1. The second-order valence-corrected chi connectivity index (χ2v) is 5.99. The standard InChI is InChI=1S/C14H23N3O2/c1-10-12(16-19-15-10)9-17-8-3-2-6-13(17)11-5-4-7-14(11)18/h11,13-14,18H,2-9H2,1H3. The fourth-order valence-electron chi connectivity index (χ4n) is 3.70. The normalized spacial score (nSPS) is 32.8. The predicted molar refractivity (Wildman–Crippen MR) is 70.4 cm³/mol. The lowest BCUT2D eigenvalue weighted by Crippen LogP contribution is -2.46. The van der Waals surface area contributed by atoms with Gasteiger partial charge in [-0.05, 0) is 39.2 Å². The summed E-state index contributed by atoms with van der Waals surface area (Å²) in [6, 6.07) is 0.502. The fourth-order valence-corrected chi connectivity index (χ4v) is 3.70. The third-order valence-electron chi connectivity index (χ3n) is 4.79. The third kappa shape index (κ3) is 2.67. The highest BCUT2D eigenvalue weighted by Gasteiger charge is 2.37. The number of aromatic nitrogens is 2. The maximum absolute atomic E-state index is 10.2. The van der Waals surface area contributed by atoms with E-state index in [-0.39, 0.29) is 6.10 Å². The number of piperidine rings is 1. The van der Waals surface area contributed by atoms with Gasteiger partial charge >= 0.3 is 0 Å². The molecule has 1 saturated carbocycles. The van der Waals surface area contributed by atoms with Gasteiger partial charge in [-0.2, -0.15) is 0 Å². The molecule has 3 unspecified atom stereocenters. The van der Waals surface area contributed by atoms with Gasteiger partial charge in [-0.15, -0.1) is 0 Å². The molecule has 1 N–H and O–H groups in total. The fraction of sp³-hybridized carbons (Fsp3) is 0.857. The second-order valence-electron chi connectivity index (χ2n) is 5.99. The van der Waals surface area contributed by atoms with Gasteiger partial charge in [-0.3, -0.25) is 4.90 Å². The lowest BCUT2D eigenvalue weighted by molar-refractivity contribution is 0.0301. The molecule has 1 aromatic heterocycles. The van der Waals surface area contributed by atoms with Crippen LogP contribution in [0.15, 0.2) is 4.63 Å². The highest BCUT2D eigenvalue weighted by molar-refractivity contribution is 5.05. The number of rotatable bonds is 3. The Morgan fingerprint density at radius 1 is 1.21 bits per heavy atom. The van der Waals surface area contributed by atoms with Crippen LogP contribution in [0.4, 0.5) is 0 Å². The summed E-state index contributed by atoms with van der Waals surface area (Å²) in [5.74, 6) is 0.445. The minimum atomic E-state index is -0.109. The van der Waals surface area contributed by atoms with E-state index in [0.717, 1.165) is 30.9 Å². The molecule has 2 fully saturated rings. The molecule has 1 aliphatic carbocycles. The summed E-state index contributed by atoms with van der Waals surface area (Å²) in [4.78, 5) is 2.48. The molecule has 106 valence electrons. The molecule has 0 amide bonds. The smallest absolute Gasteiger partial charge is 0.122 e. The van der Waals surface area contributed by atoms with Crippen molar-refractivity contribution in [3.8, 4) is 0 Å². The van der Waals surface area contributed by atoms with Crippen LogP contribution in [0.1, 0.15) is 49.9 Å². The van der Waals surface area contributed by atoms with Gasteiger partial charge in [0.05, 0.1) is 6.10 Å². The molecule has 2 aliphatic rings. The van der Waals surface area contributed by atoms with Gasteiger partial charge in [0.1, 0.15) is 11.4 Å². The van der Waals surface area contributed by atoms with Crippen molar-refractivity contribution < 1.29 is 9.74 Å². The molecule has 19 heavy (non-hydrogen) atoms. The third-order valence-corrected chi connectivity index (χ3v) is 4.79. The molecule has 0 aromatic carbocycles. The van der Waals surface area contributed by atoms with E-state index in [1.165, 1.54) is 32.1 Å². The van der Waals surface area contributed by atoms with Gasteiger partial charge in [-0.25, -0.2) is 4.63 Å². The summed E-state index contributed by atoms with van der Waals surface area (Å²) in [5, 5.41) is 18.0. The second kappa shape index (κ2) is 5.59. The Kier molecular flexibility index (Phi) is 3.84. The number of nitrogens with zero attached hydrogens (tertiary/aromatic N) is 3. The Morgan fingerprint density at radius 2 is 2.11 bits per heavy atom. The highest BCUT2D eigenvalue weighted by Crippen LogP contribution is 2.35. The van der Waals surface area contributed by atoms with Gasteiger partial charge in [0, 0.05) is 18.5 Å². The van der Waals surface area contributed by atoms with E-state index in [4.69, 9.17) is 4.63 Å². The van der Waals surface area contributed by atoms with Gasteiger partial charge in [0.2, 0.25) is 0 Å². The number of aliphatic hydroxyl groups is 1. The first-order valence-electron chi connectivity index (χ1n) is 7.46. The quantitative estimate of drug-likeness (QED) is 0.904. The Morgan fingerprint density at radius 3 is 2.79 bits per heavy atom. The summed E-state index contributed by atoms with van der Waals surface area (Å²) in [5.41, 5.74) is 1.83. The molecule has 3 atom stereocenters. The van der Waals surface area contributed by atoms with Crippen LogP contribution in [0.2, 0.25) is 0 Å². The van der Waals surface area contributed by atoms with E-state index in [2.05, 4.69) is 15.2 Å². The first kappa shape index (κ1) is 13.1. The molecular weight excluding hydrogens is 242 g/mol. The number of hydrogen-bond acceptors (Lipinski definition) is 5. The minimum Gasteiger partial charge on any atom is -0.393 e. The summed E-state index contributed by atoms with van der Waals surface area (Å²) in [6.45, 7) is 3.85. The van der Waals surface area contributed by atoms with Crippen LogP contribution in [0.25, 0.3) is 0 Å². The highest BCUT2D eigenvalue weighted by atomic mass is 16.6. The summed E-state index contributed by atoms with van der Waals surface area (Å²) in [6.07, 6.45) is 6.91. The van der Waals surface area contributed by atoms with E-state index in [1.54, 1.807) is 0 Å². The van der Waals surface area contributed by atoms with Crippen LogP contribution < -0.4 is 0 Å². The zero-order chi connectivity index (χ0) is 13.2. The van der Waals surface area contributed by atoms with Crippen LogP contribution in [0.3, 0.4) is 0 Å². The van der Waals surface area contributed by atoms with Gasteiger partial charge in [0.25, 0.3) is 0 Å². The van der Waals surface area contributed by atoms with Crippen molar-refractivity contribution >= 4 is 0 Å². The Hall–Kier alpha value is -0.940. The van der Waals surface area contributed by atoms with Crippen LogP contribution in [-0.4, -0.2) is 39.0 Å². The zero-order valence-corrected chi connectivity index (χ0v) is 11.6. The van der Waals surface area contributed by atoms with Crippen molar-refractivity contribution in [2.45, 2.75) is 64.1 Å². The molecule has 1 aromatic rings. The SMILES string of the molecule is Cc1nonc1CN1CCCCC1C1CCCC1O. The molecule has 5 heteroatoms. The van der Waals surface area contributed by atoms with Crippen molar-refractivity contribution in [3.05, 3.63) is 11.4 Å². The summed E-state index contributed by atoms with van der Waals surface area (Å²) >= 11 is 0. The first-order chi connectivity index (χ1) is 9.25.